The molecule has 2 aromatic carbocycles. The molecule has 3 rings (SSSR count). The van der Waals surface area contributed by atoms with Crippen molar-refractivity contribution in [3.63, 3.8) is 0 Å². The summed E-state index contributed by atoms with van der Waals surface area (Å²) in [5.74, 6) is -0.184. The molecule has 30 heavy (non-hydrogen) atoms. The number of rotatable bonds is 8. The molecule has 0 saturated carbocycles. The number of aliphatic hydroxyl groups is 1. The second-order valence-corrected chi connectivity index (χ2v) is 7.47. The van der Waals surface area contributed by atoms with Crippen LogP contribution in [0.15, 0.2) is 59.9 Å². The van der Waals surface area contributed by atoms with Gasteiger partial charge < -0.3 is 19.5 Å². The first-order valence-electron chi connectivity index (χ1n) is 10.0. The third-order valence-electron chi connectivity index (χ3n) is 5.11. The normalized spacial score (nSPS) is 16.4. The zero-order valence-corrected chi connectivity index (χ0v) is 17.7. The molecule has 0 radical (unpaired) electrons. The summed E-state index contributed by atoms with van der Waals surface area (Å²) in [6.45, 7) is 6.21. The molecule has 0 aliphatic carbocycles. The lowest BCUT2D eigenvalue weighted by Crippen LogP contribution is -2.31. The summed E-state index contributed by atoms with van der Waals surface area (Å²) >= 11 is 0. The molecule has 158 valence electrons. The highest BCUT2D eigenvalue weighted by molar-refractivity contribution is 6.09. The van der Waals surface area contributed by atoms with E-state index in [1.54, 1.807) is 21.0 Å². The van der Waals surface area contributed by atoms with Crippen LogP contribution in [0.4, 0.5) is 0 Å². The molecule has 0 spiro atoms. The lowest BCUT2D eigenvalue weighted by Gasteiger charge is -2.27. The van der Waals surface area contributed by atoms with E-state index in [-0.39, 0.29) is 23.8 Å². The molecule has 1 amide bonds. The van der Waals surface area contributed by atoms with E-state index in [0.717, 1.165) is 11.1 Å². The predicted molar refractivity (Wildman–Crippen MR) is 113 cm³/mol. The molecule has 0 saturated heterocycles. The Bertz CT molecular complexity index is 945. The SMILES string of the molecule is CCOc1ccc(C2C(C(=O)C(C)C)=C(O)C(=O)N2Cc2ccc(OC)cc2)cc1. The van der Waals surface area contributed by atoms with Crippen molar-refractivity contribution in [1.82, 2.24) is 4.90 Å². The molecule has 0 fully saturated rings. The van der Waals surface area contributed by atoms with Gasteiger partial charge in [0, 0.05) is 12.5 Å². The number of ether oxygens (including phenoxy) is 2. The van der Waals surface area contributed by atoms with Crippen LogP contribution in [-0.2, 0) is 16.1 Å². The van der Waals surface area contributed by atoms with Crippen molar-refractivity contribution < 1.29 is 24.2 Å². The fraction of sp³-hybridized carbons (Fsp3) is 0.333. The number of aliphatic hydroxyl groups excluding tert-OH is 1. The van der Waals surface area contributed by atoms with E-state index in [0.29, 0.717) is 18.1 Å². The molecular formula is C24H27NO5. The van der Waals surface area contributed by atoms with Crippen LogP contribution >= 0.6 is 0 Å². The van der Waals surface area contributed by atoms with E-state index in [1.165, 1.54) is 4.90 Å². The maximum Gasteiger partial charge on any atom is 0.290 e. The summed E-state index contributed by atoms with van der Waals surface area (Å²) in [5.41, 5.74) is 1.76. The number of benzene rings is 2. The maximum absolute atomic E-state index is 12.9. The van der Waals surface area contributed by atoms with Crippen molar-refractivity contribution in [2.45, 2.75) is 33.4 Å². The Morgan fingerprint density at radius 2 is 1.67 bits per heavy atom. The van der Waals surface area contributed by atoms with Crippen LogP contribution in [0.3, 0.4) is 0 Å². The highest BCUT2D eigenvalue weighted by Crippen LogP contribution is 2.40. The minimum absolute atomic E-state index is 0.146. The number of hydrogen-bond acceptors (Lipinski definition) is 5. The van der Waals surface area contributed by atoms with Crippen LogP contribution in [0.1, 0.15) is 37.9 Å². The van der Waals surface area contributed by atoms with Gasteiger partial charge in [0.05, 0.1) is 25.3 Å². The van der Waals surface area contributed by atoms with Gasteiger partial charge in [0.1, 0.15) is 11.5 Å². The molecule has 1 unspecified atom stereocenters. The first-order valence-corrected chi connectivity index (χ1v) is 10.0. The van der Waals surface area contributed by atoms with Crippen LogP contribution in [0.5, 0.6) is 11.5 Å². The molecule has 0 aromatic heterocycles. The summed E-state index contributed by atoms with van der Waals surface area (Å²) in [6, 6.07) is 14.0. The van der Waals surface area contributed by atoms with Crippen LogP contribution in [0, 0.1) is 5.92 Å². The fourth-order valence-corrected chi connectivity index (χ4v) is 3.57. The molecule has 1 atom stereocenters. The van der Waals surface area contributed by atoms with Crippen LogP contribution in [0.25, 0.3) is 0 Å². The van der Waals surface area contributed by atoms with E-state index in [2.05, 4.69) is 0 Å². The second-order valence-electron chi connectivity index (χ2n) is 7.47. The van der Waals surface area contributed by atoms with Gasteiger partial charge in [0.2, 0.25) is 0 Å². The predicted octanol–water partition coefficient (Wildman–Crippen LogP) is 4.21. The smallest absolute Gasteiger partial charge is 0.290 e. The number of methoxy groups -OCH3 is 1. The lowest BCUT2D eigenvalue weighted by molar-refractivity contribution is -0.130. The van der Waals surface area contributed by atoms with Crippen molar-refractivity contribution in [2.24, 2.45) is 5.92 Å². The summed E-state index contributed by atoms with van der Waals surface area (Å²) in [7, 11) is 1.59. The average molecular weight is 409 g/mol. The quantitative estimate of drug-likeness (QED) is 0.707. The van der Waals surface area contributed by atoms with E-state index >= 15 is 0 Å². The highest BCUT2D eigenvalue weighted by atomic mass is 16.5. The number of hydrogen-bond donors (Lipinski definition) is 1. The van der Waals surface area contributed by atoms with E-state index in [1.807, 2.05) is 55.5 Å². The van der Waals surface area contributed by atoms with Crippen molar-refractivity contribution in [1.29, 1.82) is 0 Å². The van der Waals surface area contributed by atoms with Crippen molar-refractivity contribution in [2.75, 3.05) is 13.7 Å². The van der Waals surface area contributed by atoms with Gasteiger partial charge in [-0.25, -0.2) is 0 Å². The van der Waals surface area contributed by atoms with Crippen LogP contribution < -0.4 is 9.47 Å². The number of carbonyl (C=O) groups excluding carboxylic acids is 2. The number of Topliss-reactive ketones (excluding diaryl/α,β-unsaturated/α-hetero) is 1. The summed E-state index contributed by atoms with van der Waals surface area (Å²) in [5, 5.41) is 10.6. The van der Waals surface area contributed by atoms with Gasteiger partial charge in [-0.1, -0.05) is 38.1 Å². The molecule has 1 aliphatic rings. The zero-order chi connectivity index (χ0) is 21.8. The van der Waals surface area contributed by atoms with Crippen molar-refractivity contribution in [3.8, 4) is 11.5 Å². The van der Waals surface area contributed by atoms with Gasteiger partial charge in [0.25, 0.3) is 5.91 Å². The number of ketones is 1. The molecule has 2 aromatic rings. The Kier molecular flexibility index (Phi) is 6.45. The maximum atomic E-state index is 12.9. The standard InChI is InChI=1S/C24H27NO5/c1-5-30-19-12-8-17(9-13-19)21-20(22(26)15(2)3)23(27)24(28)25(21)14-16-6-10-18(29-4)11-7-16/h6-13,15,21,27H,5,14H2,1-4H3. The van der Waals surface area contributed by atoms with Crippen molar-refractivity contribution in [3.05, 3.63) is 71.0 Å². The summed E-state index contributed by atoms with van der Waals surface area (Å²) < 4.78 is 10.7. The highest BCUT2D eigenvalue weighted by Gasteiger charge is 2.43. The fourth-order valence-electron chi connectivity index (χ4n) is 3.57. The van der Waals surface area contributed by atoms with Gasteiger partial charge in [-0.2, -0.15) is 0 Å². The Balaban J connectivity index is 2.00. The van der Waals surface area contributed by atoms with Gasteiger partial charge >= 0.3 is 0 Å². The zero-order valence-electron chi connectivity index (χ0n) is 17.7. The average Bonchev–Trinajstić information content (AvgIpc) is 2.99. The Labute approximate surface area is 176 Å². The van der Waals surface area contributed by atoms with Gasteiger partial charge in [0.15, 0.2) is 11.5 Å². The molecule has 6 nitrogen and oxygen atoms in total. The first-order chi connectivity index (χ1) is 14.4. The van der Waals surface area contributed by atoms with Gasteiger partial charge in [-0.3, -0.25) is 9.59 Å². The number of carbonyl (C=O) groups is 2. The molecular weight excluding hydrogens is 382 g/mol. The lowest BCUT2D eigenvalue weighted by atomic mass is 9.91. The number of amides is 1. The minimum Gasteiger partial charge on any atom is -0.503 e. The second kappa shape index (κ2) is 9.03. The van der Waals surface area contributed by atoms with E-state index in [9.17, 15) is 14.7 Å². The summed E-state index contributed by atoms with van der Waals surface area (Å²) in [4.78, 5) is 27.4. The van der Waals surface area contributed by atoms with E-state index in [4.69, 9.17) is 9.47 Å². The third kappa shape index (κ3) is 4.17. The van der Waals surface area contributed by atoms with Gasteiger partial charge in [-0.05, 0) is 42.3 Å². The molecule has 1 heterocycles. The number of nitrogens with zero attached hydrogens (tertiary/aromatic N) is 1. The Morgan fingerprint density at radius 3 is 2.20 bits per heavy atom. The van der Waals surface area contributed by atoms with E-state index < -0.39 is 17.7 Å². The minimum atomic E-state index is -0.662. The largest absolute Gasteiger partial charge is 0.503 e. The van der Waals surface area contributed by atoms with Crippen molar-refractivity contribution >= 4 is 11.7 Å². The Hall–Kier alpha value is -3.28. The molecule has 1 N–H and O–H groups in total. The van der Waals surface area contributed by atoms with Crippen LogP contribution in [0.2, 0.25) is 0 Å². The molecule has 6 heteroatoms. The first kappa shape index (κ1) is 21.4. The van der Waals surface area contributed by atoms with Crippen LogP contribution in [-0.4, -0.2) is 35.4 Å². The topological polar surface area (TPSA) is 76.1 Å². The monoisotopic (exact) mass is 409 g/mol. The Morgan fingerprint density at radius 1 is 1.07 bits per heavy atom. The van der Waals surface area contributed by atoms with Gasteiger partial charge in [-0.15, -0.1) is 0 Å². The molecule has 0 bridgehead atoms. The molecule has 1 aliphatic heterocycles. The third-order valence-corrected chi connectivity index (χ3v) is 5.11. The summed E-state index contributed by atoms with van der Waals surface area (Å²) in [6.07, 6.45) is 0.